The van der Waals surface area contributed by atoms with Crippen LogP contribution in [0.2, 0.25) is 0 Å². The fourth-order valence-corrected chi connectivity index (χ4v) is 1.78. The van der Waals surface area contributed by atoms with Crippen LogP contribution in [-0.2, 0) is 0 Å². The van der Waals surface area contributed by atoms with Crippen molar-refractivity contribution in [3.8, 4) is 11.5 Å². The molecule has 0 bridgehead atoms. The predicted octanol–water partition coefficient (Wildman–Crippen LogP) is 3.17. The molecule has 0 unspecified atom stereocenters. The molecule has 2 aromatic carbocycles. The standard InChI is InChI=1S/C16H18N2O2/c1-18(14-7-5-4-6-8-14)17-12-13-9-10-15(19-2)11-16(13)20-3/h4-12H,1-3H3. The molecule has 4 nitrogen and oxygen atoms in total. The number of methoxy groups -OCH3 is 2. The summed E-state index contributed by atoms with van der Waals surface area (Å²) in [6, 6.07) is 15.6. The van der Waals surface area contributed by atoms with Gasteiger partial charge in [0.25, 0.3) is 0 Å². The molecular formula is C16H18N2O2. The molecule has 0 saturated heterocycles. The van der Waals surface area contributed by atoms with E-state index >= 15 is 0 Å². The first kappa shape index (κ1) is 13.9. The first-order valence-corrected chi connectivity index (χ1v) is 6.29. The van der Waals surface area contributed by atoms with Crippen molar-refractivity contribution in [2.24, 2.45) is 5.10 Å². The molecule has 2 aromatic rings. The molecule has 20 heavy (non-hydrogen) atoms. The number of ether oxygens (including phenoxy) is 2. The summed E-state index contributed by atoms with van der Waals surface area (Å²) in [4.78, 5) is 0. The monoisotopic (exact) mass is 270 g/mol. The first-order chi connectivity index (χ1) is 9.74. The minimum Gasteiger partial charge on any atom is -0.497 e. The van der Waals surface area contributed by atoms with Gasteiger partial charge in [0, 0.05) is 18.7 Å². The molecule has 0 aliphatic heterocycles. The highest BCUT2D eigenvalue weighted by Crippen LogP contribution is 2.23. The van der Waals surface area contributed by atoms with Crippen LogP contribution in [0.1, 0.15) is 5.56 Å². The van der Waals surface area contributed by atoms with Crippen molar-refractivity contribution in [3.63, 3.8) is 0 Å². The van der Waals surface area contributed by atoms with E-state index in [1.165, 1.54) is 0 Å². The summed E-state index contributed by atoms with van der Waals surface area (Å²) in [5, 5.41) is 6.23. The van der Waals surface area contributed by atoms with Gasteiger partial charge in [-0.15, -0.1) is 0 Å². The molecule has 0 heterocycles. The van der Waals surface area contributed by atoms with Crippen LogP contribution in [0.4, 0.5) is 5.69 Å². The maximum Gasteiger partial charge on any atom is 0.131 e. The van der Waals surface area contributed by atoms with E-state index in [-0.39, 0.29) is 0 Å². The number of nitrogens with zero attached hydrogens (tertiary/aromatic N) is 2. The van der Waals surface area contributed by atoms with E-state index in [9.17, 15) is 0 Å². The zero-order valence-corrected chi connectivity index (χ0v) is 11.9. The van der Waals surface area contributed by atoms with Crippen LogP contribution in [-0.4, -0.2) is 27.5 Å². The summed E-state index contributed by atoms with van der Waals surface area (Å²) in [7, 11) is 5.17. The number of para-hydroxylation sites is 1. The van der Waals surface area contributed by atoms with Gasteiger partial charge < -0.3 is 9.47 Å². The highest BCUT2D eigenvalue weighted by Gasteiger charge is 2.03. The smallest absolute Gasteiger partial charge is 0.131 e. The molecule has 0 aromatic heterocycles. The third kappa shape index (κ3) is 3.29. The van der Waals surface area contributed by atoms with Gasteiger partial charge in [0.15, 0.2) is 0 Å². The van der Waals surface area contributed by atoms with Crippen molar-refractivity contribution in [2.75, 3.05) is 26.3 Å². The number of rotatable bonds is 5. The summed E-state index contributed by atoms with van der Waals surface area (Å²) in [5.74, 6) is 1.49. The summed E-state index contributed by atoms with van der Waals surface area (Å²) < 4.78 is 10.5. The fraction of sp³-hybridized carbons (Fsp3) is 0.188. The average molecular weight is 270 g/mol. The van der Waals surface area contributed by atoms with E-state index in [2.05, 4.69) is 5.10 Å². The van der Waals surface area contributed by atoms with E-state index < -0.39 is 0 Å². The van der Waals surface area contributed by atoms with Gasteiger partial charge in [-0.1, -0.05) is 18.2 Å². The number of benzene rings is 2. The van der Waals surface area contributed by atoms with E-state index in [0.717, 1.165) is 22.7 Å². The van der Waals surface area contributed by atoms with Gasteiger partial charge in [0.05, 0.1) is 26.1 Å². The summed E-state index contributed by atoms with van der Waals surface area (Å²) in [6.07, 6.45) is 1.77. The molecule has 0 atom stereocenters. The SMILES string of the molecule is COc1ccc(C=NN(C)c2ccccc2)c(OC)c1. The predicted molar refractivity (Wildman–Crippen MR) is 82.0 cm³/mol. The summed E-state index contributed by atoms with van der Waals surface area (Å²) in [6.45, 7) is 0. The van der Waals surface area contributed by atoms with E-state index in [1.807, 2.05) is 60.6 Å². The Bertz CT molecular complexity index is 582. The molecule has 104 valence electrons. The maximum absolute atomic E-state index is 5.34. The second-order valence-electron chi connectivity index (χ2n) is 4.21. The van der Waals surface area contributed by atoms with Crippen molar-refractivity contribution in [2.45, 2.75) is 0 Å². The topological polar surface area (TPSA) is 34.1 Å². The molecule has 0 spiro atoms. The van der Waals surface area contributed by atoms with Crippen LogP contribution in [0.15, 0.2) is 53.6 Å². The van der Waals surface area contributed by atoms with Crippen molar-refractivity contribution in [1.82, 2.24) is 0 Å². The van der Waals surface area contributed by atoms with Gasteiger partial charge in [0.2, 0.25) is 0 Å². The Kier molecular flexibility index (Phi) is 4.60. The Morgan fingerprint density at radius 2 is 1.75 bits per heavy atom. The maximum atomic E-state index is 5.34. The Morgan fingerprint density at radius 3 is 2.40 bits per heavy atom. The van der Waals surface area contributed by atoms with Crippen LogP contribution in [0, 0.1) is 0 Å². The molecular weight excluding hydrogens is 252 g/mol. The van der Waals surface area contributed by atoms with Crippen LogP contribution >= 0.6 is 0 Å². The Morgan fingerprint density at radius 1 is 1.00 bits per heavy atom. The summed E-state index contributed by atoms with van der Waals surface area (Å²) in [5.41, 5.74) is 1.92. The molecule has 0 aliphatic carbocycles. The van der Waals surface area contributed by atoms with Gasteiger partial charge >= 0.3 is 0 Å². The van der Waals surface area contributed by atoms with E-state index in [4.69, 9.17) is 9.47 Å². The van der Waals surface area contributed by atoms with Gasteiger partial charge in [0.1, 0.15) is 11.5 Å². The number of hydrogen-bond donors (Lipinski definition) is 0. The molecule has 0 aliphatic rings. The van der Waals surface area contributed by atoms with Crippen LogP contribution < -0.4 is 14.5 Å². The Balaban J connectivity index is 2.19. The quantitative estimate of drug-likeness (QED) is 0.618. The lowest BCUT2D eigenvalue weighted by Gasteiger charge is -2.13. The number of hydrazone groups is 1. The van der Waals surface area contributed by atoms with Gasteiger partial charge in [-0.05, 0) is 24.3 Å². The second-order valence-corrected chi connectivity index (χ2v) is 4.21. The molecule has 4 heteroatoms. The Labute approximate surface area is 119 Å². The minimum atomic E-state index is 0.731. The van der Waals surface area contributed by atoms with Crippen molar-refractivity contribution in [3.05, 3.63) is 54.1 Å². The number of anilines is 1. The van der Waals surface area contributed by atoms with Gasteiger partial charge in [-0.3, -0.25) is 5.01 Å². The fourth-order valence-electron chi connectivity index (χ4n) is 1.78. The lowest BCUT2D eigenvalue weighted by atomic mass is 10.2. The average Bonchev–Trinajstić information content (AvgIpc) is 2.53. The van der Waals surface area contributed by atoms with Crippen LogP contribution in [0.25, 0.3) is 0 Å². The van der Waals surface area contributed by atoms with Gasteiger partial charge in [-0.2, -0.15) is 5.10 Å². The van der Waals surface area contributed by atoms with Crippen molar-refractivity contribution in [1.29, 1.82) is 0 Å². The third-order valence-electron chi connectivity index (χ3n) is 2.94. The van der Waals surface area contributed by atoms with Crippen molar-refractivity contribution >= 4 is 11.9 Å². The molecule has 2 rings (SSSR count). The van der Waals surface area contributed by atoms with Crippen LogP contribution in [0.5, 0.6) is 11.5 Å². The van der Waals surface area contributed by atoms with Crippen LogP contribution in [0.3, 0.4) is 0 Å². The minimum absolute atomic E-state index is 0.731. The normalized spacial score (nSPS) is 10.6. The molecule has 0 radical (unpaired) electrons. The largest absolute Gasteiger partial charge is 0.497 e. The van der Waals surface area contributed by atoms with E-state index in [1.54, 1.807) is 20.4 Å². The van der Waals surface area contributed by atoms with Gasteiger partial charge in [-0.25, -0.2) is 0 Å². The molecule has 0 amide bonds. The summed E-state index contributed by atoms with van der Waals surface area (Å²) >= 11 is 0. The lowest BCUT2D eigenvalue weighted by molar-refractivity contribution is 0.394. The Hall–Kier alpha value is -2.49. The lowest BCUT2D eigenvalue weighted by Crippen LogP contribution is -2.08. The second kappa shape index (κ2) is 6.61. The third-order valence-corrected chi connectivity index (χ3v) is 2.94. The molecule has 0 N–H and O–H groups in total. The molecule has 0 fully saturated rings. The van der Waals surface area contributed by atoms with Crippen molar-refractivity contribution < 1.29 is 9.47 Å². The zero-order valence-electron chi connectivity index (χ0n) is 11.9. The highest BCUT2D eigenvalue weighted by atomic mass is 16.5. The number of hydrogen-bond acceptors (Lipinski definition) is 4. The zero-order chi connectivity index (χ0) is 14.4. The molecule has 0 saturated carbocycles. The van der Waals surface area contributed by atoms with E-state index in [0.29, 0.717) is 0 Å². The first-order valence-electron chi connectivity index (χ1n) is 6.29. The highest BCUT2D eigenvalue weighted by molar-refractivity contribution is 5.84.